The molecule has 4 nitrogen and oxygen atoms in total. The summed E-state index contributed by atoms with van der Waals surface area (Å²) < 4.78 is 15.4. The van der Waals surface area contributed by atoms with Crippen molar-refractivity contribution in [3.05, 3.63) is 12.7 Å². The fraction of sp³-hybridized carbons (Fsp3) is 0.667. The van der Waals surface area contributed by atoms with Crippen molar-refractivity contribution in [1.82, 2.24) is 0 Å². The summed E-state index contributed by atoms with van der Waals surface area (Å²) >= 11 is 0. The van der Waals surface area contributed by atoms with Crippen LogP contribution in [0.3, 0.4) is 0 Å². The number of esters is 1. The van der Waals surface area contributed by atoms with Crippen molar-refractivity contribution in [1.29, 1.82) is 0 Å². The second kappa shape index (κ2) is 6.75. The van der Waals surface area contributed by atoms with Crippen LogP contribution in [-0.2, 0) is 19.0 Å². The normalized spacial score (nSPS) is 11.9. The van der Waals surface area contributed by atoms with Gasteiger partial charge in [-0.1, -0.05) is 13.1 Å². The zero-order valence-corrected chi connectivity index (χ0v) is 10.5. The Labute approximate surface area is 87.0 Å². The van der Waals surface area contributed by atoms with Crippen molar-refractivity contribution < 1.29 is 19.0 Å². The lowest BCUT2D eigenvalue weighted by molar-refractivity contribution is -0.161. The quantitative estimate of drug-likeness (QED) is 0.266. The third-order valence-electron chi connectivity index (χ3n) is 2.18. The van der Waals surface area contributed by atoms with Gasteiger partial charge in [0, 0.05) is 26.7 Å². The monoisotopic (exact) mass is 218 g/mol. The average molecular weight is 218 g/mol. The predicted octanol–water partition coefficient (Wildman–Crippen LogP) is 0.269. The van der Waals surface area contributed by atoms with E-state index in [-0.39, 0.29) is 0 Å². The molecule has 0 radical (unpaired) electrons. The van der Waals surface area contributed by atoms with Gasteiger partial charge in [-0.3, -0.25) is 0 Å². The molecular weight excluding hydrogens is 200 g/mol. The van der Waals surface area contributed by atoms with E-state index in [0.29, 0.717) is 13.0 Å². The third-order valence-corrected chi connectivity index (χ3v) is 4.18. The highest BCUT2D eigenvalue weighted by atomic mass is 28.2. The maximum Gasteiger partial charge on any atom is 0.330 e. The standard InChI is InChI=1S/C9H18O4Si/c1-5-8(10)13-7-6-9(11-2,12-3)14-4/h5H,1,6-7,14H2,2-4H3. The Bertz CT molecular complexity index is 181. The topological polar surface area (TPSA) is 44.8 Å². The predicted molar refractivity (Wildman–Crippen MR) is 56.9 cm³/mol. The lowest BCUT2D eigenvalue weighted by Gasteiger charge is -2.29. The minimum absolute atomic E-state index is 0.299. The molecular formula is C9H18O4Si. The fourth-order valence-corrected chi connectivity index (χ4v) is 2.19. The van der Waals surface area contributed by atoms with Gasteiger partial charge in [0.15, 0.2) is 0 Å². The molecule has 0 saturated heterocycles. The van der Waals surface area contributed by atoms with Crippen LogP contribution in [0.1, 0.15) is 6.42 Å². The lowest BCUT2D eigenvalue weighted by atomic mass is 10.4. The SMILES string of the molecule is C=CC(=O)OCCC(OC)(OC)[SiH2]C. The zero-order valence-electron chi connectivity index (χ0n) is 9.04. The summed E-state index contributed by atoms with van der Waals surface area (Å²) in [6.45, 7) is 5.69. The summed E-state index contributed by atoms with van der Waals surface area (Å²) in [6, 6.07) is 0. The molecule has 0 aliphatic heterocycles. The minimum atomic E-state index is -0.512. The van der Waals surface area contributed by atoms with E-state index in [0.717, 1.165) is 6.08 Å². The number of hydrogen-bond donors (Lipinski definition) is 0. The molecule has 0 bridgehead atoms. The summed E-state index contributed by atoms with van der Waals surface area (Å²) in [5.41, 5.74) is -0.512. The largest absolute Gasteiger partial charge is 0.462 e. The van der Waals surface area contributed by atoms with Crippen LogP contribution in [0.4, 0.5) is 0 Å². The Morgan fingerprint density at radius 1 is 1.50 bits per heavy atom. The third kappa shape index (κ3) is 4.04. The van der Waals surface area contributed by atoms with Crippen molar-refractivity contribution in [3.63, 3.8) is 0 Å². The highest BCUT2D eigenvalue weighted by Crippen LogP contribution is 2.14. The Morgan fingerprint density at radius 3 is 2.43 bits per heavy atom. The van der Waals surface area contributed by atoms with Gasteiger partial charge in [-0.25, -0.2) is 4.79 Å². The number of carbonyl (C=O) groups is 1. The van der Waals surface area contributed by atoms with Gasteiger partial charge in [0.1, 0.15) is 5.41 Å². The summed E-state index contributed by atoms with van der Waals surface area (Å²) in [5, 5.41) is 0. The van der Waals surface area contributed by atoms with Crippen molar-refractivity contribution in [2.75, 3.05) is 20.8 Å². The van der Waals surface area contributed by atoms with E-state index < -0.39 is 20.9 Å². The Kier molecular flexibility index (Phi) is 6.43. The molecule has 0 aliphatic rings. The molecule has 0 saturated carbocycles. The van der Waals surface area contributed by atoms with E-state index in [1.807, 2.05) is 0 Å². The highest BCUT2D eigenvalue weighted by Gasteiger charge is 2.27. The van der Waals surface area contributed by atoms with Crippen LogP contribution in [0.25, 0.3) is 0 Å². The van der Waals surface area contributed by atoms with E-state index in [9.17, 15) is 4.79 Å². The molecule has 0 N–H and O–H groups in total. The van der Waals surface area contributed by atoms with Crippen LogP contribution in [-0.4, -0.2) is 41.7 Å². The van der Waals surface area contributed by atoms with E-state index >= 15 is 0 Å². The number of hydrogen-bond acceptors (Lipinski definition) is 4. The number of methoxy groups -OCH3 is 2. The van der Waals surface area contributed by atoms with Gasteiger partial charge in [-0.15, -0.1) is 0 Å². The van der Waals surface area contributed by atoms with Gasteiger partial charge < -0.3 is 14.2 Å². The van der Waals surface area contributed by atoms with Gasteiger partial charge >= 0.3 is 5.97 Å². The molecule has 0 aromatic carbocycles. The summed E-state index contributed by atoms with van der Waals surface area (Å²) in [5.74, 6) is -0.413. The molecule has 0 aliphatic carbocycles. The molecule has 82 valence electrons. The summed E-state index contributed by atoms with van der Waals surface area (Å²) in [4.78, 5) is 10.8. The van der Waals surface area contributed by atoms with Crippen molar-refractivity contribution in [2.24, 2.45) is 0 Å². The smallest absolute Gasteiger partial charge is 0.330 e. The molecule has 0 unspecified atom stereocenters. The van der Waals surface area contributed by atoms with Crippen LogP contribution in [0.5, 0.6) is 0 Å². The Balaban J connectivity index is 3.94. The number of ether oxygens (including phenoxy) is 3. The molecule has 0 rings (SSSR count). The van der Waals surface area contributed by atoms with Crippen LogP contribution in [0.2, 0.25) is 6.55 Å². The van der Waals surface area contributed by atoms with Crippen LogP contribution < -0.4 is 0 Å². The fourth-order valence-electron chi connectivity index (χ4n) is 1.12. The van der Waals surface area contributed by atoms with Gasteiger partial charge in [0.25, 0.3) is 0 Å². The molecule has 0 aromatic rings. The molecule has 0 aromatic heterocycles. The first-order valence-corrected chi connectivity index (χ1v) is 6.65. The van der Waals surface area contributed by atoms with E-state index in [2.05, 4.69) is 13.1 Å². The Hall–Kier alpha value is -0.653. The van der Waals surface area contributed by atoms with E-state index in [1.54, 1.807) is 14.2 Å². The van der Waals surface area contributed by atoms with Crippen molar-refractivity contribution in [2.45, 2.75) is 18.4 Å². The summed E-state index contributed by atoms with van der Waals surface area (Å²) in [6.07, 6.45) is 1.72. The second-order valence-electron chi connectivity index (χ2n) is 2.79. The maximum absolute atomic E-state index is 10.8. The van der Waals surface area contributed by atoms with Gasteiger partial charge in [0.05, 0.1) is 16.1 Å². The van der Waals surface area contributed by atoms with Crippen LogP contribution in [0, 0.1) is 0 Å². The van der Waals surface area contributed by atoms with Gasteiger partial charge in [-0.05, 0) is 0 Å². The molecule has 14 heavy (non-hydrogen) atoms. The van der Waals surface area contributed by atoms with Crippen LogP contribution in [0.15, 0.2) is 12.7 Å². The average Bonchev–Trinajstić information content (AvgIpc) is 2.25. The van der Waals surface area contributed by atoms with Gasteiger partial charge in [-0.2, -0.15) is 0 Å². The second-order valence-corrected chi connectivity index (χ2v) is 4.58. The lowest BCUT2D eigenvalue weighted by Crippen LogP contribution is -2.40. The maximum atomic E-state index is 10.8. The molecule has 5 heteroatoms. The van der Waals surface area contributed by atoms with Gasteiger partial charge in [0.2, 0.25) is 0 Å². The molecule has 0 amide bonds. The van der Waals surface area contributed by atoms with E-state index in [1.165, 1.54) is 0 Å². The van der Waals surface area contributed by atoms with E-state index in [4.69, 9.17) is 14.2 Å². The molecule has 0 heterocycles. The molecule has 0 fully saturated rings. The first-order valence-electron chi connectivity index (χ1n) is 4.53. The number of rotatable bonds is 7. The molecule has 0 atom stereocenters. The number of carbonyl (C=O) groups excluding carboxylic acids is 1. The van der Waals surface area contributed by atoms with Crippen molar-refractivity contribution in [3.8, 4) is 0 Å². The summed E-state index contributed by atoms with van der Waals surface area (Å²) in [7, 11) is 2.72. The van der Waals surface area contributed by atoms with Crippen LogP contribution >= 0.6 is 0 Å². The zero-order chi connectivity index (χ0) is 11.0. The molecule has 0 spiro atoms. The van der Waals surface area contributed by atoms with Crippen molar-refractivity contribution >= 4 is 15.5 Å². The Morgan fingerprint density at radius 2 is 2.07 bits per heavy atom. The first-order chi connectivity index (χ1) is 6.64. The highest BCUT2D eigenvalue weighted by molar-refractivity contribution is 6.37. The minimum Gasteiger partial charge on any atom is -0.462 e. The first kappa shape index (κ1) is 13.3.